The van der Waals surface area contributed by atoms with Gasteiger partial charge in [0, 0.05) is 17.1 Å². The number of pyridine rings is 1. The van der Waals surface area contributed by atoms with E-state index in [9.17, 15) is 9.90 Å². The van der Waals surface area contributed by atoms with Crippen molar-refractivity contribution in [3.8, 4) is 11.5 Å². The number of methoxy groups -OCH3 is 1. The van der Waals surface area contributed by atoms with Gasteiger partial charge in [-0.15, -0.1) is 0 Å². The van der Waals surface area contributed by atoms with E-state index in [2.05, 4.69) is 10.3 Å². The lowest BCUT2D eigenvalue weighted by Crippen LogP contribution is -2.05. The van der Waals surface area contributed by atoms with Crippen molar-refractivity contribution in [1.29, 1.82) is 0 Å². The lowest BCUT2D eigenvalue weighted by atomic mass is 10.1. The molecule has 2 aromatic carbocycles. The van der Waals surface area contributed by atoms with Crippen molar-refractivity contribution in [2.75, 3.05) is 19.0 Å². The number of nitrogens with zero attached hydrogens (tertiary/aromatic N) is 1. The molecule has 0 aliphatic rings. The molecule has 1 aromatic heterocycles. The maximum absolute atomic E-state index is 11.6. The average Bonchev–Trinajstić information content (AvgIpc) is 2.62. The van der Waals surface area contributed by atoms with Crippen LogP contribution < -0.4 is 14.8 Å². The van der Waals surface area contributed by atoms with Gasteiger partial charge in [-0.25, -0.2) is 9.78 Å². The largest absolute Gasteiger partial charge is 0.497 e. The molecule has 0 amide bonds. The van der Waals surface area contributed by atoms with Crippen molar-refractivity contribution in [3.05, 3.63) is 54.1 Å². The zero-order valence-corrected chi connectivity index (χ0v) is 13.9. The number of aromatic nitrogens is 1. The fraction of sp³-hybridized carbons (Fsp3) is 0.158. The van der Waals surface area contributed by atoms with Crippen LogP contribution in [0.1, 0.15) is 17.3 Å². The SMILES string of the molecule is CCOc1ccc(Nc2nc3cc(OC)ccc3cc2C(=O)O)cc1. The Labute approximate surface area is 145 Å². The first-order chi connectivity index (χ1) is 12.1. The molecule has 0 atom stereocenters. The average molecular weight is 338 g/mol. The predicted molar refractivity (Wildman–Crippen MR) is 96.1 cm³/mol. The van der Waals surface area contributed by atoms with Crippen LogP contribution in [0.15, 0.2) is 48.5 Å². The molecule has 3 aromatic rings. The van der Waals surface area contributed by atoms with Gasteiger partial charge in [0.1, 0.15) is 22.9 Å². The molecule has 6 nitrogen and oxygen atoms in total. The number of carbonyl (C=O) groups is 1. The summed E-state index contributed by atoms with van der Waals surface area (Å²) in [7, 11) is 1.58. The smallest absolute Gasteiger partial charge is 0.339 e. The summed E-state index contributed by atoms with van der Waals surface area (Å²) in [6.07, 6.45) is 0. The Bertz CT molecular complexity index is 907. The third-order valence-electron chi connectivity index (χ3n) is 3.68. The first kappa shape index (κ1) is 16.6. The van der Waals surface area contributed by atoms with E-state index < -0.39 is 5.97 Å². The topological polar surface area (TPSA) is 80.7 Å². The molecule has 3 rings (SSSR count). The van der Waals surface area contributed by atoms with Gasteiger partial charge in [-0.1, -0.05) is 0 Å². The zero-order valence-electron chi connectivity index (χ0n) is 13.9. The van der Waals surface area contributed by atoms with Gasteiger partial charge >= 0.3 is 5.97 Å². The Morgan fingerprint density at radius 3 is 2.48 bits per heavy atom. The number of hydrogen-bond donors (Lipinski definition) is 2. The molecular formula is C19H18N2O4. The fourth-order valence-electron chi connectivity index (χ4n) is 2.47. The van der Waals surface area contributed by atoms with Crippen molar-refractivity contribution in [2.24, 2.45) is 0 Å². The van der Waals surface area contributed by atoms with Crippen LogP contribution >= 0.6 is 0 Å². The van der Waals surface area contributed by atoms with E-state index in [4.69, 9.17) is 9.47 Å². The van der Waals surface area contributed by atoms with Crippen molar-refractivity contribution in [2.45, 2.75) is 6.92 Å². The number of nitrogens with one attached hydrogen (secondary N) is 1. The normalized spacial score (nSPS) is 10.5. The third-order valence-corrected chi connectivity index (χ3v) is 3.68. The maximum Gasteiger partial charge on any atom is 0.339 e. The zero-order chi connectivity index (χ0) is 17.8. The Hall–Kier alpha value is -3.28. The van der Waals surface area contributed by atoms with E-state index in [0.717, 1.165) is 16.8 Å². The van der Waals surface area contributed by atoms with Crippen LogP contribution in [0.2, 0.25) is 0 Å². The van der Waals surface area contributed by atoms with Gasteiger partial charge < -0.3 is 19.9 Å². The molecule has 128 valence electrons. The molecule has 6 heteroatoms. The van der Waals surface area contributed by atoms with Crippen LogP contribution in [-0.2, 0) is 0 Å². The second-order valence-corrected chi connectivity index (χ2v) is 5.33. The van der Waals surface area contributed by atoms with Crippen molar-refractivity contribution in [1.82, 2.24) is 4.98 Å². The van der Waals surface area contributed by atoms with Crippen LogP contribution in [0.3, 0.4) is 0 Å². The number of rotatable bonds is 6. The Morgan fingerprint density at radius 2 is 1.84 bits per heavy atom. The van der Waals surface area contributed by atoms with Gasteiger partial charge in [0.15, 0.2) is 0 Å². The summed E-state index contributed by atoms with van der Waals surface area (Å²) in [4.78, 5) is 16.0. The first-order valence-electron chi connectivity index (χ1n) is 7.82. The van der Waals surface area contributed by atoms with E-state index in [1.165, 1.54) is 0 Å². The Kier molecular flexibility index (Phi) is 4.70. The number of ether oxygens (including phenoxy) is 2. The lowest BCUT2D eigenvalue weighted by molar-refractivity contribution is 0.0698. The maximum atomic E-state index is 11.6. The minimum Gasteiger partial charge on any atom is -0.497 e. The summed E-state index contributed by atoms with van der Waals surface area (Å²) >= 11 is 0. The van der Waals surface area contributed by atoms with Crippen molar-refractivity contribution < 1.29 is 19.4 Å². The van der Waals surface area contributed by atoms with Crippen molar-refractivity contribution >= 4 is 28.4 Å². The van der Waals surface area contributed by atoms with Gasteiger partial charge in [-0.2, -0.15) is 0 Å². The van der Waals surface area contributed by atoms with Crippen LogP contribution in [0.25, 0.3) is 10.9 Å². The van der Waals surface area contributed by atoms with E-state index in [-0.39, 0.29) is 11.4 Å². The quantitative estimate of drug-likeness (QED) is 0.705. The van der Waals surface area contributed by atoms with E-state index in [0.29, 0.717) is 17.9 Å². The number of carboxylic acid groups (broad SMARTS) is 1. The molecule has 0 unspecified atom stereocenters. The van der Waals surface area contributed by atoms with Crippen molar-refractivity contribution in [3.63, 3.8) is 0 Å². The van der Waals surface area contributed by atoms with Crippen LogP contribution in [-0.4, -0.2) is 29.8 Å². The molecule has 0 radical (unpaired) electrons. The highest BCUT2D eigenvalue weighted by Crippen LogP contribution is 2.27. The summed E-state index contributed by atoms with van der Waals surface area (Å²) in [5, 5.41) is 13.3. The fourth-order valence-corrected chi connectivity index (χ4v) is 2.47. The molecule has 0 fully saturated rings. The van der Waals surface area contributed by atoms with Gasteiger partial charge in [0.2, 0.25) is 0 Å². The molecule has 0 bridgehead atoms. The van der Waals surface area contributed by atoms with Crippen LogP contribution in [0, 0.1) is 0 Å². The highest BCUT2D eigenvalue weighted by Gasteiger charge is 2.14. The summed E-state index contributed by atoms with van der Waals surface area (Å²) in [6, 6.07) is 14.2. The van der Waals surface area contributed by atoms with E-state index in [1.807, 2.05) is 31.2 Å². The standard InChI is InChI=1S/C19H18N2O4/c1-3-25-14-8-5-13(6-9-14)20-18-16(19(22)23)10-12-4-7-15(24-2)11-17(12)21-18/h4-11H,3H2,1-2H3,(H,20,21)(H,22,23). The molecule has 2 N–H and O–H groups in total. The molecule has 0 saturated heterocycles. The number of fused-ring (bicyclic) bond motifs is 1. The van der Waals surface area contributed by atoms with Gasteiger partial charge in [0.25, 0.3) is 0 Å². The van der Waals surface area contributed by atoms with E-state index >= 15 is 0 Å². The second kappa shape index (κ2) is 7.09. The Balaban J connectivity index is 2.00. The molecular weight excluding hydrogens is 320 g/mol. The monoisotopic (exact) mass is 338 g/mol. The molecule has 25 heavy (non-hydrogen) atoms. The molecule has 0 aliphatic carbocycles. The van der Waals surface area contributed by atoms with Gasteiger partial charge in [-0.3, -0.25) is 0 Å². The highest BCUT2D eigenvalue weighted by atomic mass is 16.5. The second-order valence-electron chi connectivity index (χ2n) is 5.33. The lowest BCUT2D eigenvalue weighted by Gasteiger charge is -2.11. The third kappa shape index (κ3) is 3.63. The van der Waals surface area contributed by atoms with E-state index in [1.54, 1.807) is 31.4 Å². The molecule has 0 aliphatic heterocycles. The number of anilines is 2. The Morgan fingerprint density at radius 1 is 1.12 bits per heavy atom. The van der Waals surface area contributed by atoms with Crippen LogP contribution in [0.4, 0.5) is 11.5 Å². The predicted octanol–water partition coefficient (Wildman–Crippen LogP) is 4.08. The summed E-state index contributed by atoms with van der Waals surface area (Å²) in [6.45, 7) is 2.50. The summed E-state index contributed by atoms with van der Waals surface area (Å²) < 4.78 is 10.6. The minimum absolute atomic E-state index is 0.103. The minimum atomic E-state index is -1.04. The molecule has 0 spiro atoms. The highest BCUT2D eigenvalue weighted by molar-refractivity contribution is 5.99. The molecule has 0 saturated carbocycles. The number of hydrogen-bond acceptors (Lipinski definition) is 5. The van der Waals surface area contributed by atoms with Crippen LogP contribution in [0.5, 0.6) is 11.5 Å². The van der Waals surface area contributed by atoms with Gasteiger partial charge in [-0.05, 0) is 49.4 Å². The first-order valence-corrected chi connectivity index (χ1v) is 7.82. The molecule has 1 heterocycles. The summed E-state index contributed by atoms with van der Waals surface area (Å²) in [5.74, 6) is 0.647. The number of benzene rings is 2. The van der Waals surface area contributed by atoms with Gasteiger partial charge in [0.05, 0.1) is 19.2 Å². The summed E-state index contributed by atoms with van der Waals surface area (Å²) in [5.41, 5.74) is 1.48. The number of aromatic carboxylic acids is 1. The number of carboxylic acids is 1.